The second-order valence-electron chi connectivity index (χ2n) is 5.48. The second-order valence-corrected chi connectivity index (χ2v) is 6.39. The van der Waals surface area contributed by atoms with Crippen molar-refractivity contribution in [1.82, 2.24) is 5.32 Å². The topological polar surface area (TPSA) is 38.3 Å². The van der Waals surface area contributed by atoms with Crippen LogP contribution < -0.4 is 10.1 Å². The highest BCUT2D eigenvalue weighted by Crippen LogP contribution is 2.20. The van der Waals surface area contributed by atoms with Crippen molar-refractivity contribution in [2.45, 2.75) is 27.4 Å². The molecule has 4 heteroatoms. The largest absolute Gasteiger partial charge is 0.489 e. The molecule has 1 aromatic heterocycles. The van der Waals surface area contributed by atoms with Crippen molar-refractivity contribution in [1.29, 1.82) is 0 Å². The van der Waals surface area contributed by atoms with Gasteiger partial charge < -0.3 is 10.1 Å². The van der Waals surface area contributed by atoms with Crippen LogP contribution in [0.5, 0.6) is 5.75 Å². The standard InChI is InChI=1S/C17H21NO2S/c1-12(2)9-18-17(19)16-8-14(11-21-16)10-20-15-7-5-4-6-13(15)3/h4-8,11-12H,9-10H2,1-3H3,(H,18,19). The molecule has 2 aromatic rings. The fourth-order valence-electron chi connectivity index (χ4n) is 1.83. The number of ether oxygens (including phenoxy) is 1. The van der Waals surface area contributed by atoms with Gasteiger partial charge in [-0.15, -0.1) is 11.3 Å². The third kappa shape index (κ3) is 4.60. The van der Waals surface area contributed by atoms with Crippen LogP contribution in [-0.4, -0.2) is 12.5 Å². The quantitative estimate of drug-likeness (QED) is 0.875. The van der Waals surface area contributed by atoms with E-state index in [9.17, 15) is 4.79 Å². The summed E-state index contributed by atoms with van der Waals surface area (Å²) in [6.45, 7) is 7.37. The molecule has 0 aliphatic rings. The van der Waals surface area contributed by atoms with E-state index in [1.54, 1.807) is 0 Å². The van der Waals surface area contributed by atoms with Crippen molar-refractivity contribution in [3.8, 4) is 5.75 Å². The van der Waals surface area contributed by atoms with E-state index in [0.29, 0.717) is 19.1 Å². The molecule has 1 heterocycles. The molecule has 0 saturated carbocycles. The highest BCUT2D eigenvalue weighted by atomic mass is 32.1. The van der Waals surface area contributed by atoms with Crippen LogP contribution in [0.25, 0.3) is 0 Å². The number of benzene rings is 1. The van der Waals surface area contributed by atoms with Crippen molar-refractivity contribution in [3.63, 3.8) is 0 Å². The molecule has 0 aliphatic heterocycles. The van der Waals surface area contributed by atoms with E-state index in [2.05, 4.69) is 19.2 Å². The molecule has 1 N–H and O–H groups in total. The van der Waals surface area contributed by atoms with Crippen LogP contribution in [-0.2, 0) is 6.61 Å². The average molecular weight is 303 g/mol. The fraction of sp³-hybridized carbons (Fsp3) is 0.353. The molecule has 1 aromatic carbocycles. The number of nitrogens with one attached hydrogen (secondary N) is 1. The summed E-state index contributed by atoms with van der Waals surface area (Å²) in [6, 6.07) is 9.83. The first-order valence-electron chi connectivity index (χ1n) is 7.10. The Morgan fingerprint density at radius 1 is 1.33 bits per heavy atom. The van der Waals surface area contributed by atoms with E-state index < -0.39 is 0 Å². The third-order valence-corrected chi connectivity index (χ3v) is 4.01. The third-order valence-electron chi connectivity index (χ3n) is 3.04. The molecular weight excluding hydrogens is 282 g/mol. The maximum absolute atomic E-state index is 11.9. The minimum absolute atomic E-state index is 0.00385. The molecule has 0 saturated heterocycles. The molecule has 3 nitrogen and oxygen atoms in total. The van der Waals surface area contributed by atoms with Gasteiger partial charge in [-0.2, -0.15) is 0 Å². The first kappa shape index (κ1) is 15.6. The monoisotopic (exact) mass is 303 g/mol. The van der Waals surface area contributed by atoms with Gasteiger partial charge in [-0.1, -0.05) is 32.0 Å². The van der Waals surface area contributed by atoms with E-state index in [1.165, 1.54) is 11.3 Å². The summed E-state index contributed by atoms with van der Waals surface area (Å²) in [6.07, 6.45) is 0. The van der Waals surface area contributed by atoms with Crippen LogP contribution in [0.15, 0.2) is 35.7 Å². The second kappa shape index (κ2) is 7.27. The van der Waals surface area contributed by atoms with E-state index >= 15 is 0 Å². The zero-order chi connectivity index (χ0) is 15.2. The minimum atomic E-state index is -0.00385. The molecule has 112 valence electrons. The predicted molar refractivity (Wildman–Crippen MR) is 87.0 cm³/mol. The van der Waals surface area contributed by atoms with Gasteiger partial charge in [0.05, 0.1) is 4.88 Å². The summed E-state index contributed by atoms with van der Waals surface area (Å²) in [5, 5.41) is 4.90. The molecule has 0 spiro atoms. The Morgan fingerprint density at radius 3 is 2.81 bits per heavy atom. The molecule has 2 rings (SSSR count). The molecule has 0 radical (unpaired) electrons. The van der Waals surface area contributed by atoms with E-state index in [1.807, 2.05) is 42.6 Å². The molecular formula is C17H21NO2S. The first-order chi connectivity index (χ1) is 10.1. The summed E-state index contributed by atoms with van der Waals surface area (Å²) in [5.41, 5.74) is 2.14. The first-order valence-corrected chi connectivity index (χ1v) is 7.98. The highest BCUT2D eigenvalue weighted by Gasteiger charge is 2.10. The van der Waals surface area contributed by atoms with Crippen molar-refractivity contribution >= 4 is 17.2 Å². The predicted octanol–water partition coefficient (Wildman–Crippen LogP) is 4.02. The fourth-order valence-corrected chi connectivity index (χ4v) is 2.65. The zero-order valence-corrected chi connectivity index (χ0v) is 13.5. The average Bonchev–Trinajstić information content (AvgIpc) is 2.93. The molecule has 21 heavy (non-hydrogen) atoms. The Kier molecular flexibility index (Phi) is 5.39. The van der Waals surface area contributed by atoms with Gasteiger partial charge in [0.15, 0.2) is 0 Å². The van der Waals surface area contributed by atoms with Crippen LogP contribution in [0, 0.1) is 12.8 Å². The number of rotatable bonds is 6. The van der Waals surface area contributed by atoms with E-state index in [-0.39, 0.29) is 5.91 Å². The SMILES string of the molecule is Cc1ccccc1OCc1csc(C(=O)NCC(C)C)c1. The summed E-state index contributed by atoms with van der Waals surface area (Å²) < 4.78 is 5.79. The number of para-hydroxylation sites is 1. The van der Waals surface area contributed by atoms with Crippen molar-refractivity contribution in [3.05, 3.63) is 51.7 Å². The summed E-state index contributed by atoms with van der Waals surface area (Å²) in [5.74, 6) is 1.34. The van der Waals surface area contributed by atoms with Gasteiger partial charge in [-0.3, -0.25) is 4.79 Å². The number of thiophene rings is 1. The highest BCUT2D eigenvalue weighted by molar-refractivity contribution is 7.12. The van der Waals surface area contributed by atoms with Crippen LogP contribution in [0.4, 0.5) is 0 Å². The van der Waals surface area contributed by atoms with Gasteiger partial charge >= 0.3 is 0 Å². The maximum Gasteiger partial charge on any atom is 0.261 e. The van der Waals surface area contributed by atoms with E-state index in [4.69, 9.17) is 4.74 Å². The molecule has 0 atom stereocenters. The normalized spacial score (nSPS) is 10.7. The van der Waals surface area contributed by atoms with Crippen LogP contribution in [0.2, 0.25) is 0 Å². The smallest absolute Gasteiger partial charge is 0.261 e. The van der Waals surface area contributed by atoms with Crippen molar-refractivity contribution in [2.75, 3.05) is 6.54 Å². The maximum atomic E-state index is 11.9. The number of hydrogen-bond donors (Lipinski definition) is 1. The summed E-state index contributed by atoms with van der Waals surface area (Å²) >= 11 is 1.46. The number of hydrogen-bond acceptors (Lipinski definition) is 3. The van der Waals surface area contributed by atoms with Crippen LogP contribution in [0.3, 0.4) is 0 Å². The number of amides is 1. The van der Waals surface area contributed by atoms with Gasteiger partial charge in [-0.05, 0) is 35.9 Å². The van der Waals surface area contributed by atoms with Gasteiger partial charge in [-0.25, -0.2) is 0 Å². The lowest BCUT2D eigenvalue weighted by atomic mass is 10.2. The zero-order valence-electron chi connectivity index (χ0n) is 12.7. The molecule has 0 unspecified atom stereocenters. The van der Waals surface area contributed by atoms with Crippen LogP contribution >= 0.6 is 11.3 Å². The molecule has 0 fully saturated rings. The number of carbonyl (C=O) groups is 1. The van der Waals surface area contributed by atoms with Gasteiger partial charge in [0.1, 0.15) is 12.4 Å². The van der Waals surface area contributed by atoms with E-state index in [0.717, 1.165) is 21.8 Å². The van der Waals surface area contributed by atoms with Gasteiger partial charge in [0.25, 0.3) is 5.91 Å². The number of carbonyl (C=O) groups excluding carboxylic acids is 1. The summed E-state index contributed by atoms with van der Waals surface area (Å²) in [7, 11) is 0. The lowest BCUT2D eigenvalue weighted by Gasteiger charge is -2.07. The van der Waals surface area contributed by atoms with Crippen LogP contribution in [0.1, 0.15) is 34.6 Å². The Bertz CT molecular complexity index is 604. The lowest BCUT2D eigenvalue weighted by Crippen LogP contribution is -2.26. The Balaban J connectivity index is 1.91. The van der Waals surface area contributed by atoms with Gasteiger partial charge in [0.2, 0.25) is 0 Å². The molecule has 0 aliphatic carbocycles. The Morgan fingerprint density at radius 2 is 2.10 bits per heavy atom. The Labute approximate surface area is 130 Å². The minimum Gasteiger partial charge on any atom is -0.489 e. The summed E-state index contributed by atoms with van der Waals surface area (Å²) in [4.78, 5) is 12.7. The Hall–Kier alpha value is -1.81. The van der Waals surface area contributed by atoms with Gasteiger partial charge in [0, 0.05) is 12.1 Å². The van der Waals surface area contributed by atoms with Crippen molar-refractivity contribution in [2.24, 2.45) is 5.92 Å². The molecule has 1 amide bonds. The molecule has 0 bridgehead atoms. The lowest BCUT2D eigenvalue weighted by molar-refractivity contribution is 0.0953. The van der Waals surface area contributed by atoms with Crippen molar-refractivity contribution < 1.29 is 9.53 Å². The number of aryl methyl sites for hydroxylation is 1.